The second-order valence-electron chi connectivity index (χ2n) is 3.20. The maximum Gasteiger partial charge on any atom is 0.0961 e. The monoisotopic (exact) mass is 208 g/mol. The summed E-state index contributed by atoms with van der Waals surface area (Å²) in [6, 6.07) is 4.17. The Morgan fingerprint density at radius 1 is 1.71 bits per heavy atom. The molecule has 0 amide bonds. The van der Waals surface area contributed by atoms with Crippen molar-refractivity contribution >= 4 is 17.2 Å². The van der Waals surface area contributed by atoms with Gasteiger partial charge in [-0.05, 0) is 17.9 Å². The summed E-state index contributed by atoms with van der Waals surface area (Å²) < 4.78 is 0. The predicted molar refractivity (Wildman–Crippen MR) is 63.2 cm³/mol. The Bertz CT molecular complexity index is 290. The van der Waals surface area contributed by atoms with Gasteiger partial charge in [-0.3, -0.25) is 5.41 Å². The summed E-state index contributed by atoms with van der Waals surface area (Å²) in [5.41, 5.74) is 0. The molecule has 0 aliphatic heterocycles. The lowest BCUT2D eigenvalue weighted by Crippen LogP contribution is -2.26. The smallest absolute Gasteiger partial charge is 0.0961 e. The summed E-state index contributed by atoms with van der Waals surface area (Å²) >= 11 is 1.75. The molecule has 0 aliphatic rings. The van der Waals surface area contributed by atoms with Gasteiger partial charge in [0.1, 0.15) is 0 Å². The van der Waals surface area contributed by atoms with Gasteiger partial charge in [-0.2, -0.15) is 0 Å². The molecule has 1 N–H and O–H groups in total. The van der Waals surface area contributed by atoms with Crippen LogP contribution in [-0.2, 0) is 6.42 Å². The van der Waals surface area contributed by atoms with E-state index in [0.717, 1.165) is 19.4 Å². The minimum atomic E-state index is 0.679. The van der Waals surface area contributed by atoms with E-state index in [2.05, 4.69) is 24.1 Å². The number of likely N-dealkylation sites (N-methyl/N-ethyl adjacent to an activating group) is 1. The van der Waals surface area contributed by atoms with Crippen molar-refractivity contribution in [2.45, 2.75) is 12.8 Å². The summed E-state index contributed by atoms with van der Waals surface area (Å²) in [6.45, 7) is 4.41. The van der Waals surface area contributed by atoms with Crippen LogP contribution in [0.1, 0.15) is 11.3 Å². The molecule has 1 aromatic rings. The Kier molecular flexibility index (Phi) is 4.40. The van der Waals surface area contributed by atoms with Gasteiger partial charge >= 0.3 is 0 Å². The van der Waals surface area contributed by atoms with Crippen molar-refractivity contribution < 1.29 is 0 Å². The van der Waals surface area contributed by atoms with Gasteiger partial charge in [-0.15, -0.1) is 17.9 Å². The fourth-order valence-corrected chi connectivity index (χ4v) is 1.90. The van der Waals surface area contributed by atoms with Gasteiger partial charge in [-0.1, -0.05) is 12.1 Å². The summed E-state index contributed by atoms with van der Waals surface area (Å²) in [5.74, 6) is 0.679. The van der Waals surface area contributed by atoms with Crippen LogP contribution in [0.3, 0.4) is 0 Å². The Morgan fingerprint density at radius 2 is 2.50 bits per heavy atom. The number of rotatable bonds is 5. The summed E-state index contributed by atoms with van der Waals surface area (Å²) in [4.78, 5) is 3.27. The third-order valence-electron chi connectivity index (χ3n) is 2.05. The van der Waals surface area contributed by atoms with E-state index < -0.39 is 0 Å². The van der Waals surface area contributed by atoms with Gasteiger partial charge in [0.15, 0.2) is 0 Å². The molecule has 3 heteroatoms. The first kappa shape index (κ1) is 11.0. The lowest BCUT2D eigenvalue weighted by molar-refractivity contribution is 0.544. The molecule has 1 heterocycles. The molecule has 0 spiro atoms. The maximum atomic E-state index is 7.78. The predicted octanol–water partition coefficient (Wildman–Crippen LogP) is 2.78. The number of hydrogen-bond acceptors (Lipinski definition) is 2. The van der Waals surface area contributed by atoms with Gasteiger partial charge < -0.3 is 4.90 Å². The average molecular weight is 208 g/mol. The zero-order valence-electron chi connectivity index (χ0n) is 8.49. The highest BCUT2D eigenvalue weighted by molar-refractivity contribution is 7.09. The Labute approximate surface area is 89.4 Å². The normalized spacial score (nSPS) is 9.79. The molecule has 0 bridgehead atoms. The molecule has 0 aliphatic carbocycles. The number of nitrogens with zero attached hydrogens (tertiary/aromatic N) is 1. The van der Waals surface area contributed by atoms with Crippen molar-refractivity contribution in [3.05, 3.63) is 35.0 Å². The summed E-state index contributed by atoms with van der Waals surface area (Å²) in [7, 11) is 1.93. The third kappa shape index (κ3) is 3.34. The van der Waals surface area contributed by atoms with E-state index in [1.54, 1.807) is 11.3 Å². The second-order valence-corrected chi connectivity index (χ2v) is 4.23. The first-order valence-electron chi connectivity index (χ1n) is 4.66. The zero-order chi connectivity index (χ0) is 10.4. The van der Waals surface area contributed by atoms with Crippen molar-refractivity contribution in [3.8, 4) is 0 Å². The lowest BCUT2D eigenvalue weighted by Gasteiger charge is -2.17. The highest BCUT2D eigenvalue weighted by atomic mass is 32.1. The molecule has 1 aromatic heterocycles. The topological polar surface area (TPSA) is 27.1 Å². The first-order chi connectivity index (χ1) is 6.74. The molecule has 2 nitrogen and oxygen atoms in total. The van der Waals surface area contributed by atoms with E-state index in [0.29, 0.717) is 5.84 Å². The average Bonchev–Trinajstić information content (AvgIpc) is 2.67. The largest absolute Gasteiger partial charge is 0.360 e. The Balaban J connectivity index is 2.31. The number of aryl methyl sites for hydroxylation is 1. The van der Waals surface area contributed by atoms with Crippen molar-refractivity contribution in [1.29, 1.82) is 5.41 Å². The van der Waals surface area contributed by atoms with Crippen LogP contribution in [0.4, 0.5) is 0 Å². The van der Waals surface area contributed by atoms with E-state index in [9.17, 15) is 0 Å². The molecule has 0 saturated carbocycles. The van der Waals surface area contributed by atoms with Crippen LogP contribution in [0.2, 0.25) is 0 Å². The van der Waals surface area contributed by atoms with Crippen LogP contribution in [0, 0.1) is 5.41 Å². The van der Waals surface area contributed by atoms with Crippen LogP contribution in [0.25, 0.3) is 0 Å². The molecule has 0 radical (unpaired) electrons. The van der Waals surface area contributed by atoms with E-state index in [1.807, 2.05) is 18.0 Å². The fourth-order valence-electron chi connectivity index (χ4n) is 1.19. The molecular weight excluding hydrogens is 192 g/mol. The molecule has 0 saturated heterocycles. The van der Waals surface area contributed by atoms with Gasteiger partial charge in [0.25, 0.3) is 0 Å². The van der Waals surface area contributed by atoms with Crippen molar-refractivity contribution in [3.63, 3.8) is 0 Å². The van der Waals surface area contributed by atoms with Gasteiger partial charge in [0.05, 0.1) is 5.84 Å². The van der Waals surface area contributed by atoms with E-state index in [4.69, 9.17) is 5.41 Å². The maximum absolute atomic E-state index is 7.78. The SMILES string of the molecule is C=CCN(C)C(=N)CCc1cccs1. The molecule has 14 heavy (non-hydrogen) atoms. The summed E-state index contributed by atoms with van der Waals surface area (Å²) in [5, 5.41) is 9.86. The zero-order valence-corrected chi connectivity index (χ0v) is 9.31. The van der Waals surface area contributed by atoms with Gasteiger partial charge in [0.2, 0.25) is 0 Å². The number of hydrogen-bond donors (Lipinski definition) is 1. The van der Waals surface area contributed by atoms with Gasteiger partial charge in [-0.25, -0.2) is 0 Å². The Hall–Kier alpha value is -1.09. The summed E-state index contributed by atoms with van der Waals surface area (Å²) in [6.07, 6.45) is 3.60. The van der Waals surface area contributed by atoms with Crippen LogP contribution in [-0.4, -0.2) is 24.3 Å². The van der Waals surface area contributed by atoms with Crippen molar-refractivity contribution in [2.24, 2.45) is 0 Å². The lowest BCUT2D eigenvalue weighted by atomic mass is 10.2. The third-order valence-corrected chi connectivity index (χ3v) is 2.99. The highest BCUT2D eigenvalue weighted by Gasteiger charge is 2.03. The van der Waals surface area contributed by atoms with Gasteiger partial charge in [0, 0.05) is 24.9 Å². The molecule has 0 atom stereocenters. The quantitative estimate of drug-likeness (QED) is 0.449. The number of nitrogens with one attached hydrogen (secondary N) is 1. The van der Waals surface area contributed by atoms with Crippen LogP contribution < -0.4 is 0 Å². The molecule has 0 fully saturated rings. The second kappa shape index (κ2) is 5.60. The van der Waals surface area contributed by atoms with E-state index in [1.165, 1.54) is 4.88 Å². The molecule has 1 rings (SSSR count). The fraction of sp³-hybridized carbons (Fsp3) is 0.364. The standard InChI is InChI=1S/C11H16N2S/c1-3-8-13(2)11(12)7-6-10-5-4-9-14-10/h3-5,9,12H,1,6-8H2,2H3. The minimum absolute atomic E-state index is 0.679. The number of amidine groups is 1. The molecule has 0 unspecified atom stereocenters. The minimum Gasteiger partial charge on any atom is -0.360 e. The van der Waals surface area contributed by atoms with Crippen LogP contribution in [0.5, 0.6) is 0 Å². The first-order valence-corrected chi connectivity index (χ1v) is 5.54. The van der Waals surface area contributed by atoms with E-state index >= 15 is 0 Å². The Morgan fingerprint density at radius 3 is 3.07 bits per heavy atom. The molecular formula is C11H16N2S. The highest BCUT2D eigenvalue weighted by Crippen LogP contribution is 2.11. The van der Waals surface area contributed by atoms with Crippen molar-refractivity contribution in [2.75, 3.05) is 13.6 Å². The van der Waals surface area contributed by atoms with Crippen LogP contribution >= 0.6 is 11.3 Å². The van der Waals surface area contributed by atoms with Crippen LogP contribution in [0.15, 0.2) is 30.2 Å². The number of thiophene rings is 1. The van der Waals surface area contributed by atoms with Crippen molar-refractivity contribution in [1.82, 2.24) is 4.90 Å². The van der Waals surface area contributed by atoms with E-state index in [-0.39, 0.29) is 0 Å². The molecule has 0 aromatic carbocycles. The molecule has 76 valence electrons.